The minimum atomic E-state index is -0.117. The smallest absolute Gasteiger partial charge is 0.0573 e. The van der Waals surface area contributed by atoms with Crippen molar-refractivity contribution in [2.45, 2.75) is 108 Å². The molecule has 0 aromatic carbocycles. The summed E-state index contributed by atoms with van der Waals surface area (Å²) in [4.78, 5) is 5.47. The molecule has 0 aliphatic carbocycles. The largest absolute Gasteiger partial charge is 0.393 e. The van der Waals surface area contributed by atoms with Crippen LogP contribution in [0.4, 0.5) is 0 Å². The molecule has 0 radical (unpaired) electrons. The van der Waals surface area contributed by atoms with Crippen LogP contribution < -0.4 is 5.73 Å². The number of hydrogen-bond acceptors (Lipinski definition) is 4. The van der Waals surface area contributed by atoms with Crippen LogP contribution in [0.5, 0.6) is 0 Å². The Morgan fingerprint density at radius 2 is 1.86 bits per heavy atom. The second-order valence-corrected chi connectivity index (χ2v) is 8.41. The van der Waals surface area contributed by atoms with Gasteiger partial charge >= 0.3 is 0 Å². The number of fused-ring (bicyclic) bond motifs is 2. The first-order chi connectivity index (χ1) is 10.4. The molecule has 3 saturated heterocycles. The van der Waals surface area contributed by atoms with Crippen LogP contribution in [-0.4, -0.2) is 63.3 Å². The molecule has 0 spiro atoms. The van der Waals surface area contributed by atoms with Gasteiger partial charge in [-0.1, -0.05) is 0 Å². The van der Waals surface area contributed by atoms with E-state index in [1.807, 2.05) is 0 Å². The Bertz CT molecular complexity index is 400. The van der Waals surface area contributed by atoms with Crippen LogP contribution in [0.3, 0.4) is 0 Å². The fourth-order valence-corrected chi connectivity index (χ4v) is 6.17. The van der Waals surface area contributed by atoms with Crippen LogP contribution in [0.15, 0.2) is 0 Å². The van der Waals surface area contributed by atoms with Crippen molar-refractivity contribution >= 4 is 0 Å². The summed E-state index contributed by atoms with van der Waals surface area (Å²) in [6, 6.07) is 2.75. The molecule has 22 heavy (non-hydrogen) atoms. The van der Waals surface area contributed by atoms with Gasteiger partial charge in [-0.3, -0.25) is 9.80 Å². The summed E-state index contributed by atoms with van der Waals surface area (Å²) in [6.45, 7) is 10.0. The highest BCUT2D eigenvalue weighted by atomic mass is 16.3. The second-order valence-electron chi connectivity index (χ2n) is 8.41. The zero-order valence-corrected chi connectivity index (χ0v) is 14.8. The van der Waals surface area contributed by atoms with E-state index < -0.39 is 0 Å². The molecule has 3 fully saturated rings. The van der Waals surface area contributed by atoms with Crippen LogP contribution in [0, 0.1) is 0 Å². The Hall–Kier alpha value is -0.160. The zero-order valence-electron chi connectivity index (χ0n) is 14.8. The van der Waals surface area contributed by atoms with Crippen LogP contribution in [-0.2, 0) is 0 Å². The van der Waals surface area contributed by atoms with Crippen molar-refractivity contribution in [2.24, 2.45) is 5.73 Å². The standard InChI is InChI=1S/C18H35N3O/c1-12(2)20-15(11-19)5-6-17(20)18-8-7-14(9-16(22)10-18)21(18)13(3)4/h12-17,22H,5-11,19H2,1-4H3/t14-,15-,16+,17?,18+/m0/s1. The molecular weight excluding hydrogens is 274 g/mol. The molecule has 0 amide bonds. The lowest BCUT2D eigenvalue weighted by Crippen LogP contribution is -2.66. The summed E-state index contributed by atoms with van der Waals surface area (Å²) in [6.07, 6.45) is 6.76. The van der Waals surface area contributed by atoms with E-state index in [4.69, 9.17) is 5.73 Å². The lowest BCUT2D eigenvalue weighted by molar-refractivity contribution is -0.0808. The van der Waals surface area contributed by atoms with Gasteiger partial charge in [-0.15, -0.1) is 0 Å². The van der Waals surface area contributed by atoms with Crippen molar-refractivity contribution in [3.05, 3.63) is 0 Å². The molecule has 0 aromatic rings. The van der Waals surface area contributed by atoms with Crippen molar-refractivity contribution in [1.29, 1.82) is 0 Å². The van der Waals surface area contributed by atoms with Crippen molar-refractivity contribution in [3.63, 3.8) is 0 Å². The van der Waals surface area contributed by atoms with E-state index in [-0.39, 0.29) is 11.6 Å². The van der Waals surface area contributed by atoms with Crippen LogP contribution in [0.25, 0.3) is 0 Å². The first kappa shape index (κ1) is 16.7. The fourth-order valence-electron chi connectivity index (χ4n) is 6.17. The maximum Gasteiger partial charge on any atom is 0.0573 e. The monoisotopic (exact) mass is 309 g/mol. The Balaban J connectivity index is 1.96. The average molecular weight is 309 g/mol. The van der Waals surface area contributed by atoms with Crippen LogP contribution in [0.2, 0.25) is 0 Å². The minimum Gasteiger partial charge on any atom is -0.393 e. The Morgan fingerprint density at radius 3 is 2.45 bits per heavy atom. The van der Waals surface area contributed by atoms with E-state index in [0.29, 0.717) is 30.2 Å². The third kappa shape index (κ3) is 2.43. The first-order valence-electron chi connectivity index (χ1n) is 9.34. The lowest BCUT2D eigenvalue weighted by Gasteiger charge is -2.55. The summed E-state index contributed by atoms with van der Waals surface area (Å²) >= 11 is 0. The van der Waals surface area contributed by atoms with Crippen molar-refractivity contribution in [2.75, 3.05) is 6.54 Å². The van der Waals surface area contributed by atoms with E-state index in [0.717, 1.165) is 19.4 Å². The number of likely N-dealkylation sites (tertiary alicyclic amines) is 1. The molecule has 5 atom stereocenters. The van der Waals surface area contributed by atoms with Crippen LogP contribution in [0.1, 0.15) is 66.2 Å². The maximum absolute atomic E-state index is 10.5. The van der Waals surface area contributed by atoms with Crippen molar-refractivity contribution in [1.82, 2.24) is 9.80 Å². The molecule has 3 aliphatic heterocycles. The average Bonchev–Trinajstić information content (AvgIpc) is 2.97. The summed E-state index contributed by atoms with van der Waals surface area (Å²) < 4.78 is 0. The van der Waals surface area contributed by atoms with Gasteiger partial charge in [0.25, 0.3) is 0 Å². The molecule has 3 N–H and O–H groups in total. The van der Waals surface area contributed by atoms with E-state index in [1.54, 1.807) is 0 Å². The van der Waals surface area contributed by atoms with E-state index >= 15 is 0 Å². The number of aliphatic hydroxyl groups excluding tert-OH is 1. The predicted molar refractivity (Wildman–Crippen MR) is 90.8 cm³/mol. The Morgan fingerprint density at radius 1 is 1.14 bits per heavy atom. The summed E-state index contributed by atoms with van der Waals surface area (Å²) in [7, 11) is 0. The van der Waals surface area contributed by atoms with E-state index in [1.165, 1.54) is 25.7 Å². The van der Waals surface area contributed by atoms with Gasteiger partial charge < -0.3 is 10.8 Å². The first-order valence-corrected chi connectivity index (χ1v) is 9.34. The third-order valence-electron chi connectivity index (χ3n) is 6.55. The van der Waals surface area contributed by atoms with E-state index in [2.05, 4.69) is 37.5 Å². The predicted octanol–water partition coefficient (Wildman–Crippen LogP) is 1.95. The highest BCUT2D eigenvalue weighted by molar-refractivity contribution is 5.15. The quantitative estimate of drug-likeness (QED) is 0.833. The van der Waals surface area contributed by atoms with E-state index in [9.17, 15) is 5.11 Å². The number of aliphatic hydroxyl groups is 1. The molecular formula is C18H35N3O. The summed E-state index contributed by atoms with van der Waals surface area (Å²) in [5.41, 5.74) is 6.24. The second kappa shape index (κ2) is 6.04. The molecule has 3 rings (SSSR count). The maximum atomic E-state index is 10.5. The molecule has 1 unspecified atom stereocenters. The van der Waals surface area contributed by atoms with Gasteiger partial charge in [0.2, 0.25) is 0 Å². The molecule has 4 heteroatoms. The van der Waals surface area contributed by atoms with Crippen LogP contribution >= 0.6 is 0 Å². The van der Waals surface area contributed by atoms with Crippen molar-refractivity contribution in [3.8, 4) is 0 Å². The molecule has 3 aliphatic rings. The number of hydrogen-bond donors (Lipinski definition) is 2. The van der Waals surface area contributed by atoms with Gasteiger partial charge in [0.05, 0.1) is 6.10 Å². The lowest BCUT2D eigenvalue weighted by atomic mass is 9.78. The highest BCUT2D eigenvalue weighted by Gasteiger charge is 2.59. The van der Waals surface area contributed by atoms with Gasteiger partial charge in [-0.2, -0.15) is 0 Å². The van der Waals surface area contributed by atoms with Gasteiger partial charge in [0.1, 0.15) is 0 Å². The number of nitrogens with zero attached hydrogens (tertiary/aromatic N) is 2. The molecule has 2 bridgehead atoms. The van der Waals surface area contributed by atoms with Crippen molar-refractivity contribution < 1.29 is 5.11 Å². The third-order valence-corrected chi connectivity index (χ3v) is 6.55. The SMILES string of the molecule is CC(C)N1C([C@@]23CC[C@@H](C[C@@H](O)C2)N3C(C)C)CC[C@H]1CN. The van der Waals surface area contributed by atoms with Gasteiger partial charge in [-0.05, 0) is 66.2 Å². The molecule has 4 nitrogen and oxygen atoms in total. The molecule has 0 aromatic heterocycles. The number of rotatable bonds is 4. The number of nitrogens with two attached hydrogens (primary N) is 1. The highest BCUT2D eigenvalue weighted by Crippen LogP contribution is 2.51. The zero-order chi connectivity index (χ0) is 16.1. The molecule has 128 valence electrons. The number of piperidine rings is 1. The van der Waals surface area contributed by atoms with Gasteiger partial charge in [0, 0.05) is 42.3 Å². The Kier molecular flexibility index (Phi) is 4.59. The minimum absolute atomic E-state index is 0.117. The summed E-state index contributed by atoms with van der Waals surface area (Å²) in [5, 5.41) is 10.5. The fraction of sp³-hybridized carbons (Fsp3) is 1.00. The summed E-state index contributed by atoms with van der Waals surface area (Å²) in [5.74, 6) is 0. The normalized spacial score (nSPS) is 43.6. The molecule has 3 heterocycles. The molecule has 0 saturated carbocycles. The van der Waals surface area contributed by atoms with Gasteiger partial charge in [0.15, 0.2) is 0 Å². The Labute approximate surface area is 136 Å². The topological polar surface area (TPSA) is 52.7 Å². The van der Waals surface area contributed by atoms with Gasteiger partial charge in [-0.25, -0.2) is 0 Å².